The number of amides is 1. The molecule has 11 heteroatoms. The van der Waals surface area contributed by atoms with Crippen LogP contribution in [-0.4, -0.2) is 68.3 Å². The number of hydrogen-bond acceptors (Lipinski definition) is 10. The number of ether oxygens (including phenoxy) is 3. The fraction of sp³-hybridized carbons (Fsp3) is 0.581. The molecule has 3 aromatic heterocycles. The summed E-state index contributed by atoms with van der Waals surface area (Å²) in [4.78, 5) is 42.3. The third-order valence-corrected chi connectivity index (χ3v) is 7.87. The monoisotopic (exact) mass is 575 g/mol. The summed E-state index contributed by atoms with van der Waals surface area (Å²) in [7, 11) is 1.52. The summed E-state index contributed by atoms with van der Waals surface area (Å²) in [5.74, 6) is 2.59. The van der Waals surface area contributed by atoms with E-state index in [2.05, 4.69) is 40.7 Å². The molecule has 0 spiro atoms. The predicted molar refractivity (Wildman–Crippen MR) is 157 cm³/mol. The van der Waals surface area contributed by atoms with Gasteiger partial charge in [-0.3, -0.25) is 14.7 Å². The Balaban J connectivity index is 1.26. The van der Waals surface area contributed by atoms with E-state index in [0.717, 1.165) is 55.5 Å². The second kappa shape index (κ2) is 13.1. The molecular weight excluding hydrogens is 534 g/mol. The van der Waals surface area contributed by atoms with Gasteiger partial charge in [-0.15, -0.1) is 0 Å². The molecule has 2 fully saturated rings. The second-order valence-corrected chi connectivity index (χ2v) is 12.1. The van der Waals surface area contributed by atoms with Crippen molar-refractivity contribution >= 4 is 11.7 Å². The molecule has 1 aliphatic carbocycles. The van der Waals surface area contributed by atoms with E-state index in [-0.39, 0.29) is 23.5 Å². The summed E-state index contributed by atoms with van der Waals surface area (Å²) >= 11 is 0. The Kier molecular flexibility index (Phi) is 9.25. The maximum absolute atomic E-state index is 13.3. The molecule has 1 saturated carbocycles. The van der Waals surface area contributed by atoms with Gasteiger partial charge in [0.25, 0.3) is 0 Å². The van der Waals surface area contributed by atoms with Crippen LogP contribution < -0.4 is 14.4 Å². The van der Waals surface area contributed by atoms with Gasteiger partial charge in [0, 0.05) is 48.6 Å². The zero-order chi connectivity index (χ0) is 29.7. The Morgan fingerprint density at radius 1 is 0.976 bits per heavy atom. The zero-order valence-corrected chi connectivity index (χ0v) is 25.2. The number of hydrogen-bond donors (Lipinski definition) is 0. The van der Waals surface area contributed by atoms with Crippen molar-refractivity contribution in [1.82, 2.24) is 29.9 Å². The van der Waals surface area contributed by atoms with Crippen molar-refractivity contribution in [2.75, 3.05) is 25.2 Å². The maximum Gasteiger partial charge on any atom is 0.316 e. The molecule has 11 nitrogen and oxygen atoms in total. The first-order chi connectivity index (χ1) is 20.2. The minimum atomic E-state index is -0.117. The van der Waals surface area contributed by atoms with E-state index in [1.165, 1.54) is 7.11 Å². The van der Waals surface area contributed by atoms with Crippen LogP contribution in [0.2, 0.25) is 0 Å². The van der Waals surface area contributed by atoms with Gasteiger partial charge in [0.05, 0.1) is 38.4 Å². The molecule has 0 N–H and O–H groups in total. The summed E-state index contributed by atoms with van der Waals surface area (Å²) in [5.41, 5.74) is 2.26. The fourth-order valence-electron chi connectivity index (χ4n) is 5.41. The van der Waals surface area contributed by atoms with Crippen LogP contribution in [0.15, 0.2) is 31.0 Å². The molecule has 0 atom stereocenters. The van der Waals surface area contributed by atoms with Crippen molar-refractivity contribution in [3.63, 3.8) is 0 Å². The summed E-state index contributed by atoms with van der Waals surface area (Å²) in [6.45, 7) is 9.66. The zero-order valence-electron chi connectivity index (χ0n) is 25.2. The van der Waals surface area contributed by atoms with E-state index in [4.69, 9.17) is 24.2 Å². The highest BCUT2D eigenvalue weighted by atomic mass is 16.6. The Hall–Kier alpha value is -3.73. The van der Waals surface area contributed by atoms with Crippen LogP contribution in [0.25, 0.3) is 11.3 Å². The van der Waals surface area contributed by atoms with E-state index in [9.17, 15) is 4.79 Å². The van der Waals surface area contributed by atoms with E-state index in [0.29, 0.717) is 49.0 Å². The largest absolute Gasteiger partial charge is 0.469 e. The topological polar surface area (TPSA) is 125 Å². The van der Waals surface area contributed by atoms with Gasteiger partial charge in [-0.25, -0.2) is 19.9 Å². The van der Waals surface area contributed by atoms with E-state index in [1.54, 1.807) is 24.8 Å². The molecule has 2 aliphatic rings. The Morgan fingerprint density at radius 2 is 1.71 bits per heavy atom. The van der Waals surface area contributed by atoms with Crippen molar-refractivity contribution in [2.45, 2.75) is 90.2 Å². The smallest absolute Gasteiger partial charge is 0.316 e. The maximum atomic E-state index is 13.3. The lowest BCUT2D eigenvalue weighted by Crippen LogP contribution is -2.43. The molecule has 1 aliphatic heterocycles. The normalized spacial score (nSPS) is 19.2. The summed E-state index contributed by atoms with van der Waals surface area (Å²) in [6, 6.07) is 0.368. The highest BCUT2D eigenvalue weighted by Crippen LogP contribution is 2.34. The summed E-state index contributed by atoms with van der Waals surface area (Å²) in [6.07, 6.45) is 14.4. The summed E-state index contributed by atoms with van der Waals surface area (Å²) < 4.78 is 16.5. The first-order valence-electron chi connectivity index (χ1n) is 14.9. The van der Waals surface area contributed by atoms with E-state index < -0.39 is 0 Å². The van der Waals surface area contributed by atoms with Crippen molar-refractivity contribution in [2.24, 2.45) is 5.92 Å². The van der Waals surface area contributed by atoms with Crippen molar-refractivity contribution < 1.29 is 19.0 Å². The first-order valence-corrected chi connectivity index (χ1v) is 14.9. The van der Waals surface area contributed by atoms with Crippen LogP contribution in [0.5, 0.6) is 11.9 Å². The number of carbonyl (C=O) groups is 1. The van der Waals surface area contributed by atoms with Gasteiger partial charge in [-0.2, -0.15) is 4.98 Å². The van der Waals surface area contributed by atoms with Gasteiger partial charge in [-0.05, 0) is 43.4 Å². The number of carbonyl (C=O) groups excluding carboxylic acids is 1. The van der Waals surface area contributed by atoms with Crippen LogP contribution in [-0.2, 0) is 21.4 Å². The molecule has 1 saturated heterocycles. The number of rotatable bonds is 10. The van der Waals surface area contributed by atoms with E-state index >= 15 is 0 Å². The van der Waals surface area contributed by atoms with Gasteiger partial charge in [0.2, 0.25) is 11.8 Å². The molecular formula is C31H41N7O4. The number of methoxy groups -OCH3 is 1. The molecule has 4 heterocycles. The average Bonchev–Trinajstić information content (AvgIpc) is 2.96. The Bertz CT molecular complexity index is 1330. The van der Waals surface area contributed by atoms with Crippen LogP contribution in [0.1, 0.15) is 77.6 Å². The Labute approximate surface area is 247 Å². The third kappa shape index (κ3) is 7.00. The Morgan fingerprint density at radius 3 is 2.29 bits per heavy atom. The first kappa shape index (κ1) is 29.8. The predicted octanol–water partition coefficient (Wildman–Crippen LogP) is 4.74. The molecule has 5 rings (SSSR count). The van der Waals surface area contributed by atoms with Crippen LogP contribution in [0.3, 0.4) is 0 Å². The highest BCUT2D eigenvalue weighted by Gasteiger charge is 2.32. The molecule has 0 bridgehead atoms. The standard InChI is InChI=1S/C31H41N7O4/c1-6-7-28(39)38(27-17-32-25(16-34-27)21-13-35-30(40-5)36-14-21)22-10-8-20(9-11-22)12-26-33-15-24(31(2,3)4)29(37-26)42-23-18-41-19-23/h13-17,20,22-23H,6-12,18-19H2,1-5H3. The fourth-order valence-corrected chi connectivity index (χ4v) is 5.41. The SMILES string of the molecule is CCCC(=O)N(c1cnc(-c2cnc(OC)nc2)cn1)C1CCC(Cc2ncc(C(C)(C)C)c(OC3COC3)n2)CC1. The number of anilines is 1. The lowest BCUT2D eigenvalue weighted by molar-refractivity contribution is -0.119. The molecule has 1 amide bonds. The minimum absolute atomic E-state index is 0.0534. The molecule has 0 unspecified atom stereocenters. The number of aromatic nitrogens is 6. The van der Waals surface area contributed by atoms with Crippen LogP contribution in [0, 0.1) is 5.92 Å². The molecule has 3 aromatic rings. The van der Waals surface area contributed by atoms with Crippen molar-refractivity contribution in [1.29, 1.82) is 0 Å². The van der Waals surface area contributed by atoms with Gasteiger partial charge in [0.1, 0.15) is 11.9 Å². The molecule has 42 heavy (non-hydrogen) atoms. The minimum Gasteiger partial charge on any atom is -0.469 e. The lowest BCUT2D eigenvalue weighted by atomic mass is 9.83. The molecule has 0 radical (unpaired) electrons. The summed E-state index contributed by atoms with van der Waals surface area (Å²) in [5, 5.41) is 0. The highest BCUT2D eigenvalue weighted by molar-refractivity contribution is 5.92. The van der Waals surface area contributed by atoms with Crippen molar-refractivity contribution in [3.8, 4) is 23.1 Å². The quantitative estimate of drug-likeness (QED) is 0.335. The molecule has 224 valence electrons. The van der Waals surface area contributed by atoms with Gasteiger partial charge >= 0.3 is 6.01 Å². The molecule has 0 aromatic carbocycles. The van der Waals surface area contributed by atoms with E-state index in [1.807, 2.05) is 18.0 Å². The van der Waals surface area contributed by atoms with Gasteiger partial charge in [-0.1, -0.05) is 27.7 Å². The third-order valence-electron chi connectivity index (χ3n) is 7.87. The second-order valence-electron chi connectivity index (χ2n) is 12.1. The van der Waals surface area contributed by atoms with Gasteiger partial charge < -0.3 is 14.2 Å². The lowest BCUT2D eigenvalue weighted by Gasteiger charge is -2.36. The number of nitrogens with zero attached hydrogens (tertiary/aromatic N) is 7. The van der Waals surface area contributed by atoms with Crippen LogP contribution >= 0.6 is 0 Å². The average molecular weight is 576 g/mol. The van der Waals surface area contributed by atoms with Gasteiger partial charge in [0.15, 0.2) is 5.82 Å². The van der Waals surface area contributed by atoms with Crippen molar-refractivity contribution in [3.05, 3.63) is 42.4 Å². The van der Waals surface area contributed by atoms with Crippen LogP contribution in [0.4, 0.5) is 5.82 Å².